The number of carbonyl (C=O) groups is 1. The molecule has 1 atom stereocenters. The number of benzene rings is 2. The lowest BCUT2D eigenvalue weighted by molar-refractivity contribution is -0.137. The summed E-state index contributed by atoms with van der Waals surface area (Å²) in [4.78, 5) is 20.3. The van der Waals surface area contributed by atoms with Gasteiger partial charge < -0.3 is 10.4 Å². The summed E-state index contributed by atoms with van der Waals surface area (Å²) in [6, 6.07) is 14.5. The van der Waals surface area contributed by atoms with Crippen LogP contribution in [0.15, 0.2) is 53.0 Å². The number of nitrogens with zero attached hydrogens (tertiary/aromatic N) is 2. The first-order valence-electron chi connectivity index (χ1n) is 7.06. The van der Waals surface area contributed by atoms with Gasteiger partial charge in [0.1, 0.15) is 11.9 Å². The number of hydrogen-bond donors (Lipinski definition) is 2. The van der Waals surface area contributed by atoms with Crippen molar-refractivity contribution in [1.29, 1.82) is 0 Å². The first kappa shape index (κ1) is 15.4. The summed E-state index contributed by atoms with van der Waals surface area (Å²) < 4.78 is 0.882. The fourth-order valence-corrected chi connectivity index (χ4v) is 2.55. The molecule has 0 bridgehead atoms. The number of halogens is 1. The highest BCUT2D eigenvalue weighted by Crippen LogP contribution is 2.27. The SMILES string of the molecule is C[C@H](Nc1nc(-c2ccccc2)nc2ccc(Br)cc12)C(=O)O. The fraction of sp³-hybridized carbons (Fsp3) is 0.118. The summed E-state index contributed by atoms with van der Waals surface area (Å²) in [5, 5.41) is 12.9. The van der Waals surface area contributed by atoms with E-state index in [0.717, 1.165) is 20.9 Å². The molecule has 0 aliphatic heterocycles. The standard InChI is InChI=1S/C17H14BrN3O2/c1-10(17(22)23)19-16-13-9-12(18)7-8-14(13)20-15(21-16)11-5-3-2-4-6-11/h2-10H,1H3,(H,22,23)(H,19,20,21)/t10-/m0/s1. The molecule has 3 rings (SSSR count). The molecule has 0 saturated carbocycles. The molecule has 0 aliphatic rings. The van der Waals surface area contributed by atoms with Crippen LogP contribution in [-0.2, 0) is 4.79 Å². The zero-order chi connectivity index (χ0) is 16.4. The second kappa shape index (κ2) is 6.34. The quantitative estimate of drug-likeness (QED) is 0.726. The second-order valence-electron chi connectivity index (χ2n) is 5.13. The van der Waals surface area contributed by atoms with Gasteiger partial charge in [0.25, 0.3) is 0 Å². The van der Waals surface area contributed by atoms with Crippen molar-refractivity contribution >= 4 is 38.6 Å². The van der Waals surface area contributed by atoms with Gasteiger partial charge in [0.2, 0.25) is 0 Å². The maximum absolute atomic E-state index is 11.1. The molecule has 23 heavy (non-hydrogen) atoms. The topological polar surface area (TPSA) is 75.1 Å². The molecule has 2 aromatic carbocycles. The highest BCUT2D eigenvalue weighted by Gasteiger charge is 2.15. The summed E-state index contributed by atoms with van der Waals surface area (Å²) in [5.74, 6) is 0.124. The predicted octanol–water partition coefficient (Wildman–Crippen LogP) is 3.94. The average Bonchev–Trinajstić information content (AvgIpc) is 2.55. The van der Waals surface area contributed by atoms with Crippen molar-refractivity contribution in [3.63, 3.8) is 0 Å². The van der Waals surface area contributed by atoms with Gasteiger partial charge in [-0.1, -0.05) is 46.3 Å². The van der Waals surface area contributed by atoms with Gasteiger partial charge in [0, 0.05) is 15.4 Å². The highest BCUT2D eigenvalue weighted by atomic mass is 79.9. The van der Waals surface area contributed by atoms with Crippen molar-refractivity contribution in [2.24, 2.45) is 0 Å². The summed E-state index contributed by atoms with van der Waals surface area (Å²) in [7, 11) is 0. The molecule has 0 radical (unpaired) electrons. The lowest BCUT2D eigenvalue weighted by atomic mass is 10.1. The van der Waals surface area contributed by atoms with Crippen LogP contribution in [0.25, 0.3) is 22.3 Å². The minimum atomic E-state index is -0.937. The van der Waals surface area contributed by atoms with Crippen molar-refractivity contribution < 1.29 is 9.90 Å². The first-order chi connectivity index (χ1) is 11.0. The van der Waals surface area contributed by atoms with E-state index in [0.29, 0.717) is 11.6 Å². The molecule has 0 amide bonds. The summed E-state index contributed by atoms with van der Waals surface area (Å²) in [5.41, 5.74) is 1.63. The van der Waals surface area contributed by atoms with Crippen molar-refractivity contribution in [2.45, 2.75) is 13.0 Å². The van der Waals surface area contributed by atoms with Crippen LogP contribution in [0.2, 0.25) is 0 Å². The Kier molecular flexibility index (Phi) is 4.25. The molecule has 2 N–H and O–H groups in total. The van der Waals surface area contributed by atoms with E-state index in [1.165, 1.54) is 0 Å². The lowest BCUT2D eigenvalue weighted by Gasteiger charge is -2.14. The molecule has 0 fully saturated rings. The van der Waals surface area contributed by atoms with E-state index in [-0.39, 0.29) is 0 Å². The van der Waals surface area contributed by atoms with E-state index >= 15 is 0 Å². The van der Waals surface area contributed by atoms with Gasteiger partial charge in [-0.2, -0.15) is 0 Å². The Morgan fingerprint density at radius 2 is 1.91 bits per heavy atom. The van der Waals surface area contributed by atoms with Gasteiger partial charge in [-0.3, -0.25) is 4.79 Å². The van der Waals surface area contributed by atoms with Crippen LogP contribution in [0.3, 0.4) is 0 Å². The molecular weight excluding hydrogens is 358 g/mol. The molecule has 3 aromatic rings. The number of fused-ring (bicyclic) bond motifs is 1. The summed E-state index contributed by atoms with van der Waals surface area (Å²) >= 11 is 3.43. The van der Waals surface area contributed by atoms with E-state index in [9.17, 15) is 4.79 Å². The van der Waals surface area contributed by atoms with Crippen LogP contribution < -0.4 is 5.32 Å². The van der Waals surface area contributed by atoms with Crippen LogP contribution in [0.1, 0.15) is 6.92 Å². The number of nitrogens with one attached hydrogen (secondary N) is 1. The summed E-state index contributed by atoms with van der Waals surface area (Å²) in [6.45, 7) is 1.58. The van der Waals surface area contributed by atoms with Crippen molar-refractivity contribution in [3.05, 3.63) is 53.0 Å². The molecule has 5 nitrogen and oxygen atoms in total. The second-order valence-corrected chi connectivity index (χ2v) is 6.04. The normalized spacial score (nSPS) is 12.1. The van der Waals surface area contributed by atoms with Crippen LogP contribution in [-0.4, -0.2) is 27.1 Å². The Morgan fingerprint density at radius 1 is 1.17 bits per heavy atom. The molecule has 1 heterocycles. The van der Waals surface area contributed by atoms with E-state index < -0.39 is 12.0 Å². The van der Waals surface area contributed by atoms with E-state index in [4.69, 9.17) is 5.11 Å². The molecule has 0 spiro atoms. The number of carboxylic acid groups (broad SMARTS) is 1. The van der Waals surface area contributed by atoms with Crippen molar-refractivity contribution in [3.8, 4) is 11.4 Å². The maximum atomic E-state index is 11.1. The molecule has 0 unspecified atom stereocenters. The number of aliphatic carboxylic acids is 1. The van der Waals surface area contributed by atoms with Crippen molar-refractivity contribution in [2.75, 3.05) is 5.32 Å². The molecule has 0 aliphatic carbocycles. The maximum Gasteiger partial charge on any atom is 0.325 e. The number of hydrogen-bond acceptors (Lipinski definition) is 4. The minimum Gasteiger partial charge on any atom is -0.480 e. The molecule has 116 valence electrons. The Labute approximate surface area is 141 Å². The van der Waals surface area contributed by atoms with Crippen LogP contribution in [0, 0.1) is 0 Å². The van der Waals surface area contributed by atoms with Crippen LogP contribution in [0.4, 0.5) is 5.82 Å². The van der Waals surface area contributed by atoms with Crippen LogP contribution >= 0.6 is 15.9 Å². The van der Waals surface area contributed by atoms with Gasteiger partial charge in [-0.05, 0) is 25.1 Å². The molecule has 6 heteroatoms. The largest absolute Gasteiger partial charge is 0.480 e. The van der Waals surface area contributed by atoms with Gasteiger partial charge >= 0.3 is 5.97 Å². The fourth-order valence-electron chi connectivity index (χ4n) is 2.19. The lowest BCUT2D eigenvalue weighted by Crippen LogP contribution is -2.26. The van der Waals surface area contributed by atoms with Crippen molar-refractivity contribution in [1.82, 2.24) is 9.97 Å². The molecule has 1 aromatic heterocycles. The molecule has 0 saturated heterocycles. The number of rotatable bonds is 4. The Morgan fingerprint density at radius 3 is 2.61 bits per heavy atom. The average molecular weight is 372 g/mol. The third-order valence-electron chi connectivity index (χ3n) is 3.41. The Balaban J connectivity index is 2.17. The van der Waals surface area contributed by atoms with E-state index in [1.807, 2.05) is 48.5 Å². The van der Waals surface area contributed by atoms with E-state index in [1.54, 1.807) is 6.92 Å². The smallest absolute Gasteiger partial charge is 0.325 e. The first-order valence-corrected chi connectivity index (χ1v) is 7.86. The third kappa shape index (κ3) is 3.32. The zero-order valence-corrected chi connectivity index (χ0v) is 13.9. The van der Waals surface area contributed by atoms with Gasteiger partial charge in [-0.25, -0.2) is 9.97 Å². The van der Waals surface area contributed by atoms with Gasteiger partial charge in [0.15, 0.2) is 5.82 Å². The molecular formula is C17H14BrN3O2. The minimum absolute atomic E-state index is 0.505. The van der Waals surface area contributed by atoms with E-state index in [2.05, 4.69) is 31.2 Å². The van der Waals surface area contributed by atoms with Crippen LogP contribution in [0.5, 0.6) is 0 Å². The monoisotopic (exact) mass is 371 g/mol. The number of anilines is 1. The third-order valence-corrected chi connectivity index (χ3v) is 3.91. The van der Waals surface area contributed by atoms with Gasteiger partial charge in [-0.15, -0.1) is 0 Å². The number of aromatic nitrogens is 2. The Bertz CT molecular complexity index is 868. The zero-order valence-electron chi connectivity index (χ0n) is 12.3. The highest BCUT2D eigenvalue weighted by molar-refractivity contribution is 9.10. The Hall–Kier alpha value is -2.47. The predicted molar refractivity (Wildman–Crippen MR) is 93.4 cm³/mol. The van der Waals surface area contributed by atoms with Gasteiger partial charge in [0.05, 0.1) is 5.52 Å². The summed E-state index contributed by atoms with van der Waals surface area (Å²) in [6.07, 6.45) is 0. The number of carboxylic acids is 1.